The molecule has 5 rings (SSSR count). The van der Waals surface area contributed by atoms with Gasteiger partial charge in [0.1, 0.15) is 12.4 Å². The number of nitrogens with zero attached hydrogens (tertiary/aromatic N) is 1. The molecule has 0 spiro atoms. The first-order chi connectivity index (χ1) is 14.1. The number of fused-ring (bicyclic) bond motifs is 2. The van der Waals surface area contributed by atoms with Crippen molar-refractivity contribution in [3.05, 3.63) is 71.7 Å². The molecule has 0 radical (unpaired) electrons. The lowest BCUT2D eigenvalue weighted by atomic mass is 9.91. The zero-order valence-electron chi connectivity index (χ0n) is 15.7. The first-order valence-electron chi connectivity index (χ1n) is 9.77. The van der Waals surface area contributed by atoms with Crippen LogP contribution in [0.25, 0.3) is 10.9 Å². The Balaban J connectivity index is 1.40. The minimum Gasteiger partial charge on any atom is -0.445 e. The van der Waals surface area contributed by atoms with E-state index in [-0.39, 0.29) is 30.4 Å². The van der Waals surface area contributed by atoms with Gasteiger partial charge >= 0.3 is 6.09 Å². The van der Waals surface area contributed by atoms with E-state index >= 15 is 0 Å². The smallest absolute Gasteiger partial charge is 0.410 e. The highest BCUT2D eigenvalue weighted by Gasteiger charge is 2.52. The summed E-state index contributed by atoms with van der Waals surface area (Å²) in [4.78, 5) is 17.6. The van der Waals surface area contributed by atoms with E-state index in [9.17, 15) is 14.3 Å². The number of carbonyl (C=O) groups excluding carboxylic acids is 1. The van der Waals surface area contributed by atoms with Gasteiger partial charge in [0.15, 0.2) is 0 Å². The van der Waals surface area contributed by atoms with Gasteiger partial charge in [-0.15, -0.1) is 0 Å². The van der Waals surface area contributed by atoms with E-state index in [1.807, 2.05) is 36.5 Å². The van der Waals surface area contributed by atoms with Gasteiger partial charge in [0.05, 0.1) is 12.1 Å². The molecule has 2 aromatic carbocycles. The molecule has 1 aromatic heterocycles. The Hall–Kier alpha value is -2.90. The molecular formula is C22H22FN3O3. The van der Waals surface area contributed by atoms with Crippen LogP contribution in [0.4, 0.5) is 9.18 Å². The van der Waals surface area contributed by atoms with Gasteiger partial charge in [0.2, 0.25) is 0 Å². The molecular weight excluding hydrogens is 373 g/mol. The number of halogens is 1. The third-order valence-electron chi connectivity index (χ3n) is 6.03. The predicted octanol–water partition coefficient (Wildman–Crippen LogP) is 2.74. The van der Waals surface area contributed by atoms with E-state index in [1.54, 1.807) is 11.0 Å². The summed E-state index contributed by atoms with van der Waals surface area (Å²) >= 11 is 0. The van der Waals surface area contributed by atoms with Crippen LogP contribution in [-0.2, 0) is 11.3 Å². The molecule has 1 unspecified atom stereocenters. The molecule has 0 saturated carbocycles. The number of aromatic nitrogens is 1. The molecule has 0 bridgehead atoms. The average molecular weight is 395 g/mol. The van der Waals surface area contributed by atoms with E-state index < -0.39 is 12.2 Å². The Morgan fingerprint density at radius 1 is 1.24 bits per heavy atom. The number of aliphatic hydroxyl groups excluding tert-OH is 1. The van der Waals surface area contributed by atoms with Gasteiger partial charge in [-0.05, 0) is 29.3 Å². The van der Waals surface area contributed by atoms with Crippen molar-refractivity contribution >= 4 is 17.0 Å². The molecule has 150 valence electrons. The van der Waals surface area contributed by atoms with Crippen LogP contribution in [0.15, 0.2) is 54.7 Å². The fourth-order valence-corrected chi connectivity index (χ4v) is 4.68. The highest BCUT2D eigenvalue weighted by Crippen LogP contribution is 2.39. The Morgan fingerprint density at radius 2 is 2.07 bits per heavy atom. The topological polar surface area (TPSA) is 77.6 Å². The number of rotatable bonds is 3. The van der Waals surface area contributed by atoms with Crippen molar-refractivity contribution in [1.82, 2.24) is 15.2 Å². The van der Waals surface area contributed by atoms with Gasteiger partial charge in [0, 0.05) is 42.1 Å². The number of H-pyrrole nitrogens is 1. The van der Waals surface area contributed by atoms with Crippen molar-refractivity contribution in [2.75, 3.05) is 13.1 Å². The second-order valence-corrected chi connectivity index (χ2v) is 7.72. The van der Waals surface area contributed by atoms with Crippen LogP contribution in [0.3, 0.4) is 0 Å². The SMILES string of the molecule is O=C(OCc1ccccc1)N1C[C@H](c2c[nH]c3cc(F)ccc23)[C@H]2NCC(O)[C@H]21. The molecule has 2 fully saturated rings. The summed E-state index contributed by atoms with van der Waals surface area (Å²) in [5, 5.41) is 14.8. The van der Waals surface area contributed by atoms with E-state index in [1.165, 1.54) is 12.1 Å². The molecule has 2 saturated heterocycles. The minimum atomic E-state index is -0.656. The number of nitrogens with one attached hydrogen (secondary N) is 2. The van der Waals surface area contributed by atoms with Gasteiger partial charge in [-0.3, -0.25) is 0 Å². The van der Waals surface area contributed by atoms with Crippen LogP contribution in [0.5, 0.6) is 0 Å². The first kappa shape index (κ1) is 18.1. The van der Waals surface area contributed by atoms with Gasteiger partial charge in [-0.25, -0.2) is 9.18 Å². The lowest BCUT2D eigenvalue weighted by molar-refractivity contribution is 0.0609. The van der Waals surface area contributed by atoms with Crippen LogP contribution in [0.2, 0.25) is 0 Å². The number of hydrogen-bond donors (Lipinski definition) is 3. The second kappa shape index (κ2) is 7.17. The van der Waals surface area contributed by atoms with Crippen molar-refractivity contribution in [3.8, 4) is 0 Å². The number of amides is 1. The summed E-state index contributed by atoms with van der Waals surface area (Å²) in [5.74, 6) is -0.323. The van der Waals surface area contributed by atoms with E-state index in [0.717, 1.165) is 22.0 Å². The van der Waals surface area contributed by atoms with Crippen LogP contribution in [-0.4, -0.2) is 52.4 Å². The fourth-order valence-electron chi connectivity index (χ4n) is 4.68. The number of likely N-dealkylation sites (tertiary alicyclic amines) is 1. The molecule has 6 nitrogen and oxygen atoms in total. The maximum Gasteiger partial charge on any atom is 0.410 e. The molecule has 2 aliphatic heterocycles. The summed E-state index contributed by atoms with van der Waals surface area (Å²) in [6.45, 7) is 1.04. The minimum absolute atomic E-state index is 0.0272. The Labute approximate surface area is 167 Å². The van der Waals surface area contributed by atoms with Crippen LogP contribution in [0.1, 0.15) is 17.0 Å². The molecule has 3 aromatic rings. The lowest BCUT2D eigenvalue weighted by Gasteiger charge is -2.25. The predicted molar refractivity (Wildman–Crippen MR) is 106 cm³/mol. The molecule has 2 aliphatic rings. The molecule has 4 atom stereocenters. The number of aromatic amines is 1. The molecule has 3 N–H and O–H groups in total. The van der Waals surface area contributed by atoms with Gasteiger partial charge in [-0.2, -0.15) is 0 Å². The Kier molecular flexibility index (Phi) is 4.49. The molecule has 0 aliphatic carbocycles. The standard InChI is InChI=1S/C22H22FN3O3/c23-14-6-7-15-16(9-24-18(15)8-14)17-11-26(21-19(27)10-25-20(17)21)22(28)29-12-13-4-2-1-3-5-13/h1-9,17,19-21,24-25,27H,10-12H2/t17-,19?,20-,21-/m1/s1. The maximum absolute atomic E-state index is 13.5. The van der Waals surface area contributed by atoms with Gasteiger partial charge in [-0.1, -0.05) is 30.3 Å². The monoisotopic (exact) mass is 395 g/mol. The summed E-state index contributed by atoms with van der Waals surface area (Å²) in [5.41, 5.74) is 2.65. The normalized spacial score (nSPS) is 26.1. The molecule has 3 heterocycles. The highest BCUT2D eigenvalue weighted by atomic mass is 19.1. The molecule has 29 heavy (non-hydrogen) atoms. The van der Waals surface area contributed by atoms with Crippen molar-refractivity contribution in [2.45, 2.75) is 30.7 Å². The zero-order chi connectivity index (χ0) is 20.0. The van der Waals surface area contributed by atoms with Crippen molar-refractivity contribution in [1.29, 1.82) is 0 Å². The largest absolute Gasteiger partial charge is 0.445 e. The van der Waals surface area contributed by atoms with Crippen LogP contribution < -0.4 is 5.32 Å². The average Bonchev–Trinajstić information content (AvgIpc) is 3.41. The van der Waals surface area contributed by atoms with Crippen molar-refractivity contribution in [2.24, 2.45) is 0 Å². The van der Waals surface area contributed by atoms with Crippen LogP contribution in [0, 0.1) is 5.82 Å². The highest BCUT2D eigenvalue weighted by molar-refractivity contribution is 5.84. The summed E-state index contributed by atoms with van der Waals surface area (Å²) in [6.07, 6.45) is 0.786. The van der Waals surface area contributed by atoms with Crippen molar-refractivity contribution in [3.63, 3.8) is 0 Å². The summed E-state index contributed by atoms with van der Waals surface area (Å²) in [6, 6.07) is 13.7. The number of hydrogen-bond acceptors (Lipinski definition) is 4. The van der Waals surface area contributed by atoms with E-state index in [0.29, 0.717) is 13.1 Å². The zero-order valence-corrected chi connectivity index (χ0v) is 15.7. The molecule has 7 heteroatoms. The quantitative estimate of drug-likeness (QED) is 0.637. The molecule has 1 amide bonds. The number of ether oxygens (including phenoxy) is 1. The van der Waals surface area contributed by atoms with E-state index in [2.05, 4.69) is 10.3 Å². The first-order valence-corrected chi connectivity index (χ1v) is 9.77. The number of β-amino-alcohol motifs (C(OH)–C–C–N with tert-alkyl or cyclic N) is 1. The third-order valence-corrected chi connectivity index (χ3v) is 6.03. The maximum atomic E-state index is 13.5. The fraction of sp³-hybridized carbons (Fsp3) is 0.318. The van der Waals surface area contributed by atoms with E-state index in [4.69, 9.17) is 4.74 Å². The number of aliphatic hydroxyl groups is 1. The number of carbonyl (C=O) groups is 1. The Bertz CT molecular complexity index is 1040. The second-order valence-electron chi connectivity index (χ2n) is 7.72. The number of benzene rings is 2. The Morgan fingerprint density at radius 3 is 2.90 bits per heavy atom. The summed E-state index contributed by atoms with van der Waals surface area (Å²) < 4.78 is 19.1. The van der Waals surface area contributed by atoms with Gasteiger partial charge in [0.25, 0.3) is 0 Å². The van der Waals surface area contributed by atoms with Crippen LogP contribution >= 0.6 is 0 Å². The lowest BCUT2D eigenvalue weighted by Crippen LogP contribution is -2.44. The van der Waals surface area contributed by atoms with Gasteiger partial charge < -0.3 is 25.0 Å². The third kappa shape index (κ3) is 3.16. The van der Waals surface area contributed by atoms with Crippen molar-refractivity contribution < 1.29 is 19.0 Å². The summed E-state index contributed by atoms with van der Waals surface area (Å²) in [7, 11) is 0.